The number of hydrogen-bond donors (Lipinski definition) is 2. The molecule has 0 aromatic heterocycles. The van der Waals surface area contributed by atoms with Crippen molar-refractivity contribution < 1.29 is 15.0 Å². The Hall–Kier alpha value is -0.830. The molecule has 2 aliphatic rings. The zero-order chi connectivity index (χ0) is 13.6. The average Bonchev–Trinajstić information content (AvgIpc) is 2.27. The van der Waals surface area contributed by atoms with Crippen molar-refractivity contribution in [2.75, 3.05) is 0 Å². The van der Waals surface area contributed by atoms with E-state index in [0.29, 0.717) is 5.57 Å². The Kier molecular flexibility index (Phi) is 3.30. The molecule has 0 unspecified atom stereocenters. The number of carboxylic acid groups (broad SMARTS) is 1. The lowest BCUT2D eigenvalue weighted by molar-refractivity contribution is -0.137. The fourth-order valence-corrected chi connectivity index (χ4v) is 4.18. The number of rotatable bonds is 2. The highest BCUT2D eigenvalue weighted by molar-refractivity contribution is 5.86. The number of aliphatic carboxylic acids is 1. The van der Waals surface area contributed by atoms with Gasteiger partial charge < -0.3 is 10.2 Å². The maximum atomic E-state index is 11.0. The summed E-state index contributed by atoms with van der Waals surface area (Å²) in [5.41, 5.74) is -0.153. The minimum absolute atomic E-state index is 0.0325. The topological polar surface area (TPSA) is 57.5 Å². The lowest BCUT2D eigenvalue weighted by Gasteiger charge is -2.54. The van der Waals surface area contributed by atoms with Crippen molar-refractivity contribution in [3.8, 4) is 0 Å². The molecule has 2 N–H and O–H groups in total. The highest BCUT2D eigenvalue weighted by Gasteiger charge is 2.51. The molecule has 102 valence electrons. The smallest absolute Gasteiger partial charge is 0.331 e. The third kappa shape index (κ3) is 2.20. The van der Waals surface area contributed by atoms with Gasteiger partial charge in [0.15, 0.2) is 0 Å². The van der Waals surface area contributed by atoms with Crippen LogP contribution in [-0.2, 0) is 4.79 Å². The summed E-state index contributed by atoms with van der Waals surface area (Å²) in [5.74, 6) is -0.655. The average molecular weight is 252 g/mol. The zero-order valence-electron chi connectivity index (χ0n) is 11.4. The molecule has 2 rings (SSSR count). The molecule has 3 nitrogen and oxygen atoms in total. The Balaban J connectivity index is 2.19. The van der Waals surface area contributed by atoms with E-state index in [1.165, 1.54) is 0 Å². The molecule has 18 heavy (non-hydrogen) atoms. The van der Waals surface area contributed by atoms with Crippen LogP contribution >= 0.6 is 0 Å². The van der Waals surface area contributed by atoms with Gasteiger partial charge in [-0.15, -0.1) is 0 Å². The summed E-state index contributed by atoms with van der Waals surface area (Å²) in [7, 11) is 0. The first-order valence-corrected chi connectivity index (χ1v) is 6.91. The first-order valence-electron chi connectivity index (χ1n) is 6.91. The maximum Gasteiger partial charge on any atom is 0.331 e. The van der Waals surface area contributed by atoms with Crippen molar-refractivity contribution in [2.45, 2.75) is 58.0 Å². The Morgan fingerprint density at radius 3 is 2.56 bits per heavy atom. The van der Waals surface area contributed by atoms with Gasteiger partial charge in [-0.3, -0.25) is 0 Å². The molecule has 2 fully saturated rings. The monoisotopic (exact) mass is 252 g/mol. The number of fused-ring (bicyclic) bond motifs is 1. The van der Waals surface area contributed by atoms with Crippen LogP contribution < -0.4 is 0 Å². The van der Waals surface area contributed by atoms with E-state index in [1.807, 2.05) is 6.92 Å². The van der Waals surface area contributed by atoms with Gasteiger partial charge >= 0.3 is 5.97 Å². The van der Waals surface area contributed by atoms with Gasteiger partial charge in [0.25, 0.3) is 0 Å². The van der Waals surface area contributed by atoms with Gasteiger partial charge in [0.1, 0.15) is 0 Å². The summed E-state index contributed by atoms with van der Waals surface area (Å²) in [5, 5.41) is 19.7. The molecule has 4 atom stereocenters. The third-order valence-electron chi connectivity index (χ3n) is 5.37. The lowest BCUT2D eigenvalue weighted by atomic mass is 9.53. The summed E-state index contributed by atoms with van der Waals surface area (Å²) in [6.45, 7) is 7.88. The van der Waals surface area contributed by atoms with E-state index in [1.54, 1.807) is 0 Å². The molecular formula is C15H24O3. The van der Waals surface area contributed by atoms with Gasteiger partial charge in [0.05, 0.1) is 5.60 Å². The highest BCUT2D eigenvalue weighted by atomic mass is 16.4. The summed E-state index contributed by atoms with van der Waals surface area (Å²) >= 11 is 0. The minimum atomic E-state index is -0.890. The third-order valence-corrected chi connectivity index (χ3v) is 5.37. The molecule has 0 aliphatic heterocycles. The van der Waals surface area contributed by atoms with E-state index in [2.05, 4.69) is 13.5 Å². The fourth-order valence-electron chi connectivity index (χ4n) is 4.18. The quantitative estimate of drug-likeness (QED) is 0.743. The molecule has 0 saturated heterocycles. The van der Waals surface area contributed by atoms with Gasteiger partial charge in [-0.1, -0.05) is 19.9 Å². The second kappa shape index (κ2) is 4.37. The summed E-state index contributed by atoms with van der Waals surface area (Å²) in [4.78, 5) is 11.0. The van der Waals surface area contributed by atoms with Gasteiger partial charge in [-0.25, -0.2) is 4.79 Å². The molecule has 0 spiro atoms. The number of hydrogen-bond acceptors (Lipinski definition) is 2. The first-order chi connectivity index (χ1) is 8.26. The highest BCUT2D eigenvalue weighted by Crippen LogP contribution is 2.56. The summed E-state index contributed by atoms with van der Waals surface area (Å²) < 4.78 is 0. The van der Waals surface area contributed by atoms with Crippen molar-refractivity contribution in [3.63, 3.8) is 0 Å². The van der Waals surface area contributed by atoms with E-state index in [0.717, 1.165) is 38.5 Å². The Labute approximate surface area is 109 Å². The van der Waals surface area contributed by atoms with Crippen LogP contribution in [0.5, 0.6) is 0 Å². The SMILES string of the molecule is C=C(C(=O)O)[C@@H]1CC[C@]2(C)CCC[C@@](C)(O)[C@H]2C1. The minimum Gasteiger partial charge on any atom is -0.478 e. The van der Waals surface area contributed by atoms with Crippen LogP contribution in [0.4, 0.5) is 0 Å². The van der Waals surface area contributed by atoms with Crippen molar-refractivity contribution in [2.24, 2.45) is 17.3 Å². The molecule has 3 heteroatoms. The van der Waals surface area contributed by atoms with Crippen LogP contribution in [0.15, 0.2) is 12.2 Å². The maximum absolute atomic E-state index is 11.0. The largest absolute Gasteiger partial charge is 0.478 e. The molecular weight excluding hydrogens is 228 g/mol. The molecule has 0 aromatic carbocycles. The molecule has 0 aromatic rings. The summed E-state index contributed by atoms with van der Waals surface area (Å²) in [6.07, 6.45) is 5.73. The van der Waals surface area contributed by atoms with E-state index in [9.17, 15) is 9.90 Å². The van der Waals surface area contributed by atoms with Crippen LogP contribution in [0.1, 0.15) is 52.4 Å². The van der Waals surface area contributed by atoms with Crippen molar-refractivity contribution in [3.05, 3.63) is 12.2 Å². The summed E-state index contributed by atoms with van der Waals surface area (Å²) in [6, 6.07) is 0. The van der Waals surface area contributed by atoms with E-state index >= 15 is 0 Å². The lowest BCUT2D eigenvalue weighted by Crippen LogP contribution is -2.51. The van der Waals surface area contributed by atoms with Gasteiger partial charge in [0, 0.05) is 5.57 Å². The van der Waals surface area contributed by atoms with Crippen molar-refractivity contribution >= 4 is 5.97 Å². The number of carbonyl (C=O) groups is 1. The number of carboxylic acids is 1. The molecule has 2 saturated carbocycles. The van der Waals surface area contributed by atoms with E-state index < -0.39 is 11.6 Å². The number of aliphatic hydroxyl groups is 1. The molecule has 0 radical (unpaired) electrons. The predicted molar refractivity (Wildman–Crippen MR) is 70.2 cm³/mol. The second-order valence-corrected chi connectivity index (χ2v) is 6.72. The Morgan fingerprint density at radius 1 is 1.28 bits per heavy atom. The predicted octanol–water partition coefficient (Wildman–Crippen LogP) is 2.98. The Morgan fingerprint density at radius 2 is 1.94 bits per heavy atom. The van der Waals surface area contributed by atoms with E-state index in [4.69, 9.17) is 5.11 Å². The van der Waals surface area contributed by atoms with Crippen LogP contribution in [0, 0.1) is 17.3 Å². The van der Waals surface area contributed by atoms with Gasteiger partial charge in [-0.2, -0.15) is 0 Å². The van der Waals surface area contributed by atoms with Crippen molar-refractivity contribution in [1.29, 1.82) is 0 Å². The van der Waals surface area contributed by atoms with Crippen molar-refractivity contribution in [1.82, 2.24) is 0 Å². The zero-order valence-corrected chi connectivity index (χ0v) is 11.4. The first kappa shape index (κ1) is 13.6. The fraction of sp³-hybridized carbons (Fsp3) is 0.800. The van der Waals surface area contributed by atoms with Crippen LogP contribution in [0.2, 0.25) is 0 Å². The van der Waals surface area contributed by atoms with Gasteiger partial charge in [-0.05, 0) is 56.3 Å². The second-order valence-electron chi connectivity index (χ2n) is 6.72. The molecule has 0 amide bonds. The Bertz CT molecular complexity index is 372. The van der Waals surface area contributed by atoms with E-state index in [-0.39, 0.29) is 17.3 Å². The van der Waals surface area contributed by atoms with Crippen LogP contribution in [0.3, 0.4) is 0 Å². The van der Waals surface area contributed by atoms with Crippen LogP contribution in [-0.4, -0.2) is 21.8 Å². The molecule has 2 aliphatic carbocycles. The standard InChI is InChI=1S/C15H24O3/c1-10(13(16)17)11-5-8-14(2)6-4-7-15(3,18)12(14)9-11/h11-12,18H,1,4-9H2,2-3H3,(H,16,17)/t11-,12+,14+,15-/m1/s1. The normalized spacial score (nSPS) is 44.2. The van der Waals surface area contributed by atoms with Gasteiger partial charge in [0.2, 0.25) is 0 Å². The molecule has 0 bridgehead atoms. The molecule has 0 heterocycles. The van der Waals surface area contributed by atoms with Crippen LogP contribution in [0.25, 0.3) is 0 Å².